The van der Waals surface area contributed by atoms with Gasteiger partial charge in [0.15, 0.2) is 11.5 Å². The third-order valence-corrected chi connectivity index (χ3v) is 5.38. The highest BCUT2D eigenvalue weighted by atomic mass is 35.5. The molecule has 26 heavy (non-hydrogen) atoms. The van der Waals surface area contributed by atoms with Crippen LogP contribution < -0.4 is 20.1 Å². The second kappa shape index (κ2) is 8.75. The lowest BCUT2D eigenvalue weighted by atomic mass is 10.0. The van der Waals surface area contributed by atoms with Gasteiger partial charge in [0.25, 0.3) is 0 Å². The molecule has 0 radical (unpaired) electrons. The largest absolute Gasteiger partial charge is 0.486 e. The number of halogens is 1. The fourth-order valence-electron chi connectivity index (χ4n) is 2.69. The average Bonchev–Trinajstić information content (AvgIpc) is 3.03. The van der Waals surface area contributed by atoms with Crippen LogP contribution in [0.25, 0.3) is 0 Å². The molecular formula is C19H25ClN2O3S. The highest BCUT2D eigenvalue weighted by Gasteiger charge is 2.26. The smallest absolute Gasteiger partial charge is 0.231 e. The number of benzene rings is 1. The molecule has 0 fully saturated rings. The molecule has 3 rings (SSSR count). The minimum absolute atomic E-state index is 0. The molecule has 5 nitrogen and oxygen atoms in total. The zero-order chi connectivity index (χ0) is 18.0. The van der Waals surface area contributed by atoms with Crippen molar-refractivity contribution in [1.82, 2.24) is 0 Å². The van der Waals surface area contributed by atoms with Crippen LogP contribution in [0.1, 0.15) is 23.6 Å². The van der Waals surface area contributed by atoms with E-state index >= 15 is 0 Å². The summed E-state index contributed by atoms with van der Waals surface area (Å²) in [6, 6.07) is 9.56. The summed E-state index contributed by atoms with van der Waals surface area (Å²) in [4.78, 5) is 17.2. The molecule has 1 aliphatic rings. The number of fused-ring (bicyclic) bond motifs is 1. The van der Waals surface area contributed by atoms with Crippen molar-refractivity contribution in [3.63, 3.8) is 0 Å². The van der Waals surface area contributed by atoms with Crippen molar-refractivity contribution in [3.05, 3.63) is 40.1 Å². The molecule has 2 N–H and O–H groups in total. The van der Waals surface area contributed by atoms with Gasteiger partial charge in [0, 0.05) is 27.5 Å². The Labute approximate surface area is 164 Å². The van der Waals surface area contributed by atoms with Gasteiger partial charge in [-0.1, -0.05) is 6.92 Å². The summed E-state index contributed by atoms with van der Waals surface area (Å²) in [7, 11) is 0. The highest BCUT2D eigenvalue weighted by Crippen LogP contribution is 2.35. The number of hydrogen-bond acceptors (Lipinski definition) is 5. The number of nitrogens with zero attached hydrogens (tertiary/aromatic N) is 1. The second-order valence-electron chi connectivity index (χ2n) is 6.41. The van der Waals surface area contributed by atoms with Gasteiger partial charge in [-0.15, -0.1) is 23.7 Å². The van der Waals surface area contributed by atoms with Crippen LogP contribution in [0.4, 0.5) is 5.69 Å². The molecule has 2 unspecified atom stereocenters. The molecule has 2 heterocycles. The van der Waals surface area contributed by atoms with E-state index < -0.39 is 0 Å². The van der Waals surface area contributed by atoms with Crippen molar-refractivity contribution in [1.29, 1.82) is 0 Å². The molecule has 2 atom stereocenters. The van der Waals surface area contributed by atoms with Crippen molar-refractivity contribution in [2.75, 3.05) is 18.1 Å². The summed E-state index contributed by atoms with van der Waals surface area (Å²) in [6.07, 6.45) is 0. The summed E-state index contributed by atoms with van der Waals surface area (Å²) in [5.41, 5.74) is 6.77. The number of carbonyl (C=O) groups excluding carboxylic acids is 1. The summed E-state index contributed by atoms with van der Waals surface area (Å²) < 4.78 is 11.3. The predicted octanol–water partition coefficient (Wildman–Crippen LogP) is 3.77. The highest BCUT2D eigenvalue weighted by molar-refractivity contribution is 7.11. The number of ether oxygens (including phenoxy) is 2. The van der Waals surface area contributed by atoms with E-state index in [1.165, 1.54) is 4.88 Å². The lowest BCUT2D eigenvalue weighted by Gasteiger charge is -2.28. The molecule has 1 aromatic carbocycles. The molecule has 1 aliphatic heterocycles. The molecule has 0 saturated heterocycles. The summed E-state index contributed by atoms with van der Waals surface area (Å²) in [6.45, 7) is 7.39. The van der Waals surface area contributed by atoms with E-state index in [-0.39, 0.29) is 30.3 Å². The van der Waals surface area contributed by atoms with Gasteiger partial charge in [-0.25, -0.2) is 0 Å². The minimum atomic E-state index is -0.269. The quantitative estimate of drug-likeness (QED) is 0.835. The van der Waals surface area contributed by atoms with Gasteiger partial charge in [0.2, 0.25) is 5.91 Å². The van der Waals surface area contributed by atoms with E-state index in [1.54, 1.807) is 16.2 Å². The number of aryl methyl sites for hydroxylation is 1. The molecular weight excluding hydrogens is 372 g/mol. The number of nitrogens with two attached hydrogens (primary N) is 1. The maximum atomic E-state index is 13.0. The molecule has 1 aromatic heterocycles. The van der Waals surface area contributed by atoms with E-state index in [0.717, 1.165) is 16.3 Å². The Hall–Kier alpha value is -1.76. The van der Waals surface area contributed by atoms with E-state index in [0.29, 0.717) is 25.5 Å². The van der Waals surface area contributed by atoms with Gasteiger partial charge >= 0.3 is 0 Å². The monoisotopic (exact) mass is 396 g/mol. The zero-order valence-corrected chi connectivity index (χ0v) is 16.9. The van der Waals surface area contributed by atoms with Crippen molar-refractivity contribution in [3.8, 4) is 11.5 Å². The molecule has 0 spiro atoms. The van der Waals surface area contributed by atoms with Crippen molar-refractivity contribution < 1.29 is 14.3 Å². The summed E-state index contributed by atoms with van der Waals surface area (Å²) in [5.74, 6) is 1.14. The first-order valence-electron chi connectivity index (χ1n) is 8.47. The van der Waals surface area contributed by atoms with Crippen LogP contribution in [0, 0.1) is 12.8 Å². The first-order chi connectivity index (χ1) is 12.0. The van der Waals surface area contributed by atoms with Gasteiger partial charge in [0.05, 0.1) is 12.5 Å². The normalized spacial score (nSPS) is 14.9. The zero-order valence-electron chi connectivity index (χ0n) is 15.2. The number of carbonyl (C=O) groups is 1. The van der Waals surface area contributed by atoms with Gasteiger partial charge in [-0.05, 0) is 38.1 Å². The SMILES string of the molecule is Cc1ccc(CN(C(=O)C(C)C(C)N)c2ccc3c(c2)OCCO3)s1.Cl. The number of amides is 1. The second-order valence-corrected chi connectivity index (χ2v) is 7.78. The molecule has 1 amide bonds. The van der Waals surface area contributed by atoms with Crippen LogP contribution in [-0.2, 0) is 11.3 Å². The summed E-state index contributed by atoms with van der Waals surface area (Å²) in [5, 5.41) is 0. The Morgan fingerprint density at radius 2 is 1.88 bits per heavy atom. The van der Waals surface area contributed by atoms with Crippen LogP contribution in [0.5, 0.6) is 11.5 Å². The molecule has 0 aliphatic carbocycles. The van der Waals surface area contributed by atoms with Crippen LogP contribution in [0.3, 0.4) is 0 Å². The Morgan fingerprint density at radius 1 is 1.19 bits per heavy atom. The maximum absolute atomic E-state index is 13.0. The number of thiophene rings is 1. The van der Waals surface area contributed by atoms with E-state index in [9.17, 15) is 4.79 Å². The molecule has 2 aromatic rings. The Morgan fingerprint density at radius 3 is 2.50 bits per heavy atom. The Kier molecular flexibility index (Phi) is 6.92. The molecule has 142 valence electrons. The van der Waals surface area contributed by atoms with E-state index in [4.69, 9.17) is 15.2 Å². The van der Waals surface area contributed by atoms with E-state index in [2.05, 4.69) is 19.1 Å². The topological polar surface area (TPSA) is 64.8 Å². The van der Waals surface area contributed by atoms with Crippen LogP contribution >= 0.6 is 23.7 Å². The van der Waals surface area contributed by atoms with Crippen molar-refractivity contribution in [2.24, 2.45) is 11.7 Å². The lowest BCUT2D eigenvalue weighted by molar-refractivity contribution is -0.122. The Balaban J connectivity index is 0.00000243. The maximum Gasteiger partial charge on any atom is 0.231 e. The average molecular weight is 397 g/mol. The molecule has 0 bridgehead atoms. The number of rotatable bonds is 5. The third kappa shape index (κ3) is 4.50. The number of hydrogen-bond donors (Lipinski definition) is 1. The lowest BCUT2D eigenvalue weighted by Crippen LogP contribution is -2.41. The predicted molar refractivity (Wildman–Crippen MR) is 108 cm³/mol. The van der Waals surface area contributed by atoms with E-state index in [1.807, 2.05) is 32.0 Å². The molecule has 0 saturated carbocycles. The third-order valence-electron chi connectivity index (χ3n) is 4.39. The first-order valence-corrected chi connectivity index (χ1v) is 9.29. The minimum Gasteiger partial charge on any atom is -0.486 e. The van der Waals surface area contributed by atoms with Crippen molar-refractivity contribution in [2.45, 2.75) is 33.4 Å². The Bertz CT molecular complexity index is 763. The van der Waals surface area contributed by atoms with Crippen LogP contribution in [0.15, 0.2) is 30.3 Å². The van der Waals surface area contributed by atoms with Gasteiger partial charge in [-0.2, -0.15) is 0 Å². The van der Waals surface area contributed by atoms with Crippen LogP contribution in [0.2, 0.25) is 0 Å². The fourth-order valence-corrected chi connectivity index (χ4v) is 3.57. The first kappa shape index (κ1) is 20.6. The van der Waals surface area contributed by atoms with Gasteiger partial charge < -0.3 is 20.1 Å². The number of anilines is 1. The summed E-state index contributed by atoms with van der Waals surface area (Å²) >= 11 is 1.70. The molecule has 7 heteroatoms. The van der Waals surface area contributed by atoms with Gasteiger partial charge in [0.1, 0.15) is 13.2 Å². The van der Waals surface area contributed by atoms with Crippen LogP contribution in [-0.4, -0.2) is 25.2 Å². The van der Waals surface area contributed by atoms with Gasteiger partial charge in [-0.3, -0.25) is 4.79 Å². The fraction of sp³-hybridized carbons (Fsp3) is 0.421. The standard InChI is InChI=1S/C19H24N2O3S.ClH/c1-12-4-6-16(25-12)11-21(19(22)13(2)14(3)20)15-5-7-17-18(10-15)24-9-8-23-17;/h4-7,10,13-14H,8-9,11,20H2,1-3H3;1H. The van der Waals surface area contributed by atoms with Crippen molar-refractivity contribution >= 4 is 35.3 Å².